The molecule has 0 radical (unpaired) electrons. The molecule has 1 N–H and O–H groups in total. The maximum Gasteiger partial charge on any atom is 0.194 e. The lowest BCUT2D eigenvalue weighted by Gasteiger charge is -2.25. The summed E-state index contributed by atoms with van der Waals surface area (Å²) in [5.41, 5.74) is -1.63. The molecule has 0 saturated carbocycles. The molecule has 19 heavy (non-hydrogen) atoms. The van der Waals surface area contributed by atoms with Gasteiger partial charge in [0.25, 0.3) is 0 Å². The predicted octanol–water partition coefficient (Wildman–Crippen LogP) is 3.96. The number of aliphatic hydroxyl groups is 1. The second kappa shape index (κ2) is 5.13. The normalized spacial score (nSPS) is 14.2. The van der Waals surface area contributed by atoms with Gasteiger partial charge in [0.2, 0.25) is 0 Å². The summed E-state index contributed by atoms with van der Waals surface area (Å²) in [6.07, 6.45) is 0. The third-order valence-electron chi connectivity index (χ3n) is 2.97. The standard InChI is InChI=1S/C14H10F3IO/c1-14(19,8-2-4-9(18)5-3-8)10-6-7-11(15)13(17)12(10)16/h2-7,19H,1H3. The van der Waals surface area contributed by atoms with E-state index in [0.717, 1.165) is 15.7 Å². The van der Waals surface area contributed by atoms with Crippen molar-refractivity contribution >= 4 is 22.6 Å². The van der Waals surface area contributed by atoms with Crippen molar-refractivity contribution in [3.05, 3.63) is 68.5 Å². The Kier molecular flexibility index (Phi) is 3.87. The second-order valence-corrected chi connectivity index (χ2v) is 5.55. The molecule has 100 valence electrons. The van der Waals surface area contributed by atoms with E-state index in [1.807, 2.05) is 0 Å². The van der Waals surface area contributed by atoms with Crippen LogP contribution in [0.5, 0.6) is 0 Å². The minimum absolute atomic E-state index is 0.299. The van der Waals surface area contributed by atoms with Gasteiger partial charge in [-0.15, -0.1) is 0 Å². The van der Waals surface area contributed by atoms with Gasteiger partial charge in [-0.1, -0.05) is 12.1 Å². The molecule has 1 atom stereocenters. The Labute approximate surface area is 122 Å². The maximum absolute atomic E-state index is 13.7. The van der Waals surface area contributed by atoms with E-state index in [2.05, 4.69) is 22.6 Å². The van der Waals surface area contributed by atoms with Crippen molar-refractivity contribution in [1.82, 2.24) is 0 Å². The zero-order valence-corrected chi connectivity index (χ0v) is 12.1. The molecule has 1 unspecified atom stereocenters. The summed E-state index contributed by atoms with van der Waals surface area (Å²) in [5, 5.41) is 10.4. The predicted molar refractivity (Wildman–Crippen MR) is 74.1 cm³/mol. The van der Waals surface area contributed by atoms with Crippen LogP contribution in [0.1, 0.15) is 18.1 Å². The summed E-state index contributed by atoms with van der Waals surface area (Å²) in [4.78, 5) is 0. The average molecular weight is 378 g/mol. The van der Waals surface area contributed by atoms with Crippen LogP contribution < -0.4 is 0 Å². The first-order valence-electron chi connectivity index (χ1n) is 5.46. The molecule has 0 aliphatic carbocycles. The van der Waals surface area contributed by atoms with E-state index in [9.17, 15) is 18.3 Å². The van der Waals surface area contributed by atoms with Crippen molar-refractivity contribution in [2.45, 2.75) is 12.5 Å². The van der Waals surface area contributed by atoms with Crippen LogP contribution in [0.4, 0.5) is 13.2 Å². The molecule has 0 amide bonds. The fourth-order valence-electron chi connectivity index (χ4n) is 1.83. The van der Waals surface area contributed by atoms with Gasteiger partial charge in [-0.25, -0.2) is 13.2 Å². The number of hydrogen-bond acceptors (Lipinski definition) is 1. The molecule has 5 heteroatoms. The molecule has 0 fully saturated rings. The fourth-order valence-corrected chi connectivity index (χ4v) is 2.19. The molecule has 0 aromatic heterocycles. The van der Waals surface area contributed by atoms with Gasteiger partial charge in [-0.2, -0.15) is 0 Å². The van der Waals surface area contributed by atoms with Gasteiger partial charge in [-0.05, 0) is 59.3 Å². The zero-order chi connectivity index (χ0) is 14.2. The molecule has 0 heterocycles. The quantitative estimate of drug-likeness (QED) is 0.620. The van der Waals surface area contributed by atoms with E-state index < -0.39 is 23.1 Å². The summed E-state index contributed by atoms with van der Waals surface area (Å²) in [5.74, 6) is -4.23. The van der Waals surface area contributed by atoms with Gasteiger partial charge in [0.05, 0.1) is 0 Å². The SMILES string of the molecule is CC(O)(c1ccc(I)cc1)c1ccc(F)c(F)c1F. The van der Waals surface area contributed by atoms with Crippen molar-refractivity contribution in [1.29, 1.82) is 0 Å². The van der Waals surface area contributed by atoms with Crippen LogP contribution >= 0.6 is 22.6 Å². The molecule has 0 aliphatic rings. The molecule has 0 spiro atoms. The van der Waals surface area contributed by atoms with Crippen molar-refractivity contribution in [3.63, 3.8) is 0 Å². The molecular formula is C14H10F3IO. The van der Waals surface area contributed by atoms with Crippen molar-refractivity contribution in [2.24, 2.45) is 0 Å². The van der Waals surface area contributed by atoms with Crippen LogP contribution in [0.15, 0.2) is 36.4 Å². The summed E-state index contributed by atoms with van der Waals surface area (Å²) >= 11 is 2.09. The topological polar surface area (TPSA) is 20.2 Å². The highest BCUT2D eigenvalue weighted by Gasteiger charge is 2.31. The van der Waals surface area contributed by atoms with Gasteiger partial charge < -0.3 is 5.11 Å². The van der Waals surface area contributed by atoms with Crippen molar-refractivity contribution < 1.29 is 18.3 Å². The van der Waals surface area contributed by atoms with Gasteiger partial charge in [-0.3, -0.25) is 0 Å². The zero-order valence-electron chi connectivity index (χ0n) is 9.92. The number of hydrogen-bond donors (Lipinski definition) is 1. The van der Waals surface area contributed by atoms with E-state index in [1.54, 1.807) is 24.3 Å². The Hall–Kier alpha value is -1.08. The number of benzene rings is 2. The van der Waals surface area contributed by atoms with E-state index in [0.29, 0.717) is 5.56 Å². The Morgan fingerprint density at radius 2 is 1.53 bits per heavy atom. The molecule has 1 nitrogen and oxygen atoms in total. The lowest BCUT2D eigenvalue weighted by Crippen LogP contribution is -2.25. The van der Waals surface area contributed by atoms with E-state index in [1.165, 1.54) is 6.92 Å². The van der Waals surface area contributed by atoms with E-state index >= 15 is 0 Å². The Morgan fingerprint density at radius 3 is 2.11 bits per heavy atom. The van der Waals surface area contributed by atoms with Gasteiger partial charge in [0.15, 0.2) is 17.5 Å². The van der Waals surface area contributed by atoms with Gasteiger partial charge in [0.1, 0.15) is 5.60 Å². The highest BCUT2D eigenvalue weighted by molar-refractivity contribution is 14.1. The molecule has 0 bridgehead atoms. The second-order valence-electron chi connectivity index (χ2n) is 4.30. The first kappa shape index (κ1) is 14.3. The minimum Gasteiger partial charge on any atom is -0.381 e. The van der Waals surface area contributed by atoms with Gasteiger partial charge in [0, 0.05) is 9.13 Å². The van der Waals surface area contributed by atoms with Crippen molar-refractivity contribution in [2.75, 3.05) is 0 Å². The van der Waals surface area contributed by atoms with Crippen LogP contribution in [0.3, 0.4) is 0 Å². The molecule has 2 rings (SSSR count). The average Bonchev–Trinajstić information content (AvgIpc) is 2.36. The number of halogens is 4. The third-order valence-corrected chi connectivity index (χ3v) is 3.69. The Morgan fingerprint density at radius 1 is 0.947 bits per heavy atom. The first-order valence-corrected chi connectivity index (χ1v) is 6.54. The Balaban J connectivity index is 2.56. The van der Waals surface area contributed by atoms with E-state index in [-0.39, 0.29) is 5.56 Å². The maximum atomic E-state index is 13.7. The van der Waals surface area contributed by atoms with E-state index in [4.69, 9.17) is 0 Å². The molecule has 2 aromatic rings. The summed E-state index contributed by atoms with van der Waals surface area (Å²) < 4.78 is 40.8. The molecular weight excluding hydrogens is 368 g/mol. The number of rotatable bonds is 2. The summed E-state index contributed by atoms with van der Waals surface area (Å²) in [6, 6.07) is 8.55. The van der Waals surface area contributed by atoms with Crippen LogP contribution in [0, 0.1) is 21.0 Å². The third kappa shape index (κ3) is 2.62. The van der Waals surface area contributed by atoms with Crippen LogP contribution in [0.25, 0.3) is 0 Å². The molecule has 0 saturated heterocycles. The lowest BCUT2D eigenvalue weighted by molar-refractivity contribution is 0.0967. The van der Waals surface area contributed by atoms with Crippen LogP contribution in [-0.2, 0) is 5.60 Å². The Bertz CT molecular complexity index is 609. The highest BCUT2D eigenvalue weighted by Crippen LogP contribution is 2.32. The molecule has 2 aromatic carbocycles. The fraction of sp³-hybridized carbons (Fsp3) is 0.143. The molecule has 0 aliphatic heterocycles. The van der Waals surface area contributed by atoms with Crippen molar-refractivity contribution in [3.8, 4) is 0 Å². The summed E-state index contributed by atoms with van der Waals surface area (Å²) in [7, 11) is 0. The van der Waals surface area contributed by atoms with Gasteiger partial charge >= 0.3 is 0 Å². The summed E-state index contributed by atoms with van der Waals surface area (Å²) in [6.45, 7) is 1.34. The monoisotopic (exact) mass is 378 g/mol. The smallest absolute Gasteiger partial charge is 0.194 e. The highest BCUT2D eigenvalue weighted by atomic mass is 127. The lowest BCUT2D eigenvalue weighted by atomic mass is 9.88. The van der Waals surface area contributed by atoms with Crippen LogP contribution in [0.2, 0.25) is 0 Å². The largest absolute Gasteiger partial charge is 0.381 e. The minimum atomic E-state index is -1.73. The first-order chi connectivity index (χ1) is 8.84. The van der Waals surface area contributed by atoms with Crippen LogP contribution in [-0.4, -0.2) is 5.11 Å².